The second-order valence-corrected chi connectivity index (χ2v) is 9.98. The lowest BCUT2D eigenvalue weighted by molar-refractivity contribution is 0.0363. The Labute approximate surface area is 210 Å². The van der Waals surface area contributed by atoms with E-state index in [2.05, 4.69) is 33.3 Å². The number of nitrogens with two attached hydrogens (primary N) is 1. The number of aromatic nitrogens is 3. The van der Waals surface area contributed by atoms with E-state index in [1.54, 1.807) is 6.92 Å². The van der Waals surface area contributed by atoms with Gasteiger partial charge in [-0.05, 0) is 37.1 Å². The van der Waals surface area contributed by atoms with Crippen LogP contribution in [-0.2, 0) is 11.3 Å². The molecule has 4 N–H and O–H groups in total. The fourth-order valence-corrected chi connectivity index (χ4v) is 4.42. The molecule has 0 aliphatic rings. The average Bonchev–Trinajstić information content (AvgIpc) is 3.16. The van der Waals surface area contributed by atoms with Gasteiger partial charge in [-0.3, -0.25) is 4.79 Å². The Kier molecular flexibility index (Phi) is 6.79. The number of aromatic amines is 1. The molecule has 4 aromatic rings. The predicted molar refractivity (Wildman–Crippen MR) is 139 cm³/mol. The number of H-pyrrole nitrogens is 1. The maximum Gasteiger partial charge on any atom is 0.405 e. The Bertz CT molecular complexity index is 1430. The third-order valence-corrected chi connectivity index (χ3v) is 6.26. The summed E-state index contributed by atoms with van der Waals surface area (Å²) in [6.45, 7) is 10.2. The molecule has 0 aliphatic heterocycles. The number of carbonyl (C=O) groups is 2. The molecule has 36 heavy (non-hydrogen) atoms. The van der Waals surface area contributed by atoms with Crippen LogP contribution in [0.2, 0.25) is 0 Å². The summed E-state index contributed by atoms with van der Waals surface area (Å²) >= 11 is 0. The lowest BCUT2D eigenvalue weighted by Gasteiger charge is -2.31. The molecule has 2 aromatic carbocycles. The van der Waals surface area contributed by atoms with E-state index in [0.29, 0.717) is 17.8 Å². The molecule has 0 bridgehead atoms. The summed E-state index contributed by atoms with van der Waals surface area (Å²) in [4.78, 5) is 35.8. The van der Waals surface area contributed by atoms with Gasteiger partial charge in [-0.25, -0.2) is 14.8 Å². The molecule has 1 unspecified atom stereocenters. The van der Waals surface area contributed by atoms with Crippen molar-refractivity contribution in [1.82, 2.24) is 20.3 Å². The van der Waals surface area contributed by atoms with Gasteiger partial charge in [-0.15, -0.1) is 0 Å². The Balaban J connectivity index is 1.67. The van der Waals surface area contributed by atoms with E-state index in [1.165, 1.54) is 12.5 Å². The molecule has 2 heterocycles. The SMILES string of the molecule is Cc1ncncc1C(=O)NCc1ccc2[nH]c(-c3ccccc3C(OC(N)=O)C(C)(C)C)c(C)c2c1. The number of fused-ring (bicyclic) bond motifs is 1. The highest BCUT2D eigenvalue weighted by molar-refractivity contribution is 5.95. The number of nitrogens with zero attached hydrogens (tertiary/aromatic N) is 2. The van der Waals surface area contributed by atoms with Crippen molar-refractivity contribution in [3.8, 4) is 11.3 Å². The highest BCUT2D eigenvalue weighted by atomic mass is 16.6. The Morgan fingerprint density at radius 3 is 2.58 bits per heavy atom. The summed E-state index contributed by atoms with van der Waals surface area (Å²) in [5, 5.41) is 4.00. The average molecular weight is 486 g/mol. The lowest BCUT2D eigenvalue weighted by atomic mass is 9.82. The molecule has 2 amide bonds. The van der Waals surface area contributed by atoms with Gasteiger partial charge >= 0.3 is 6.09 Å². The van der Waals surface area contributed by atoms with Gasteiger partial charge in [0.15, 0.2) is 0 Å². The van der Waals surface area contributed by atoms with Gasteiger partial charge in [-0.1, -0.05) is 51.1 Å². The monoisotopic (exact) mass is 485 g/mol. The van der Waals surface area contributed by atoms with Crippen LogP contribution < -0.4 is 11.1 Å². The molecule has 1 atom stereocenters. The van der Waals surface area contributed by atoms with E-state index in [1.807, 2.05) is 57.2 Å². The van der Waals surface area contributed by atoms with Crippen molar-refractivity contribution in [2.24, 2.45) is 11.1 Å². The van der Waals surface area contributed by atoms with E-state index in [-0.39, 0.29) is 11.3 Å². The van der Waals surface area contributed by atoms with Crippen molar-refractivity contribution < 1.29 is 14.3 Å². The molecule has 8 heteroatoms. The van der Waals surface area contributed by atoms with E-state index >= 15 is 0 Å². The minimum Gasteiger partial charge on any atom is -0.441 e. The van der Waals surface area contributed by atoms with Crippen LogP contribution in [-0.4, -0.2) is 27.0 Å². The molecular formula is C28H31N5O3. The molecule has 0 saturated heterocycles. The first kappa shape index (κ1) is 24.9. The third kappa shape index (κ3) is 5.07. The second kappa shape index (κ2) is 9.81. The number of ether oxygens (including phenoxy) is 1. The zero-order valence-corrected chi connectivity index (χ0v) is 21.2. The fourth-order valence-electron chi connectivity index (χ4n) is 4.42. The molecule has 0 saturated carbocycles. The maximum atomic E-state index is 12.6. The van der Waals surface area contributed by atoms with E-state index in [0.717, 1.165) is 38.9 Å². The predicted octanol–water partition coefficient (Wildman–Crippen LogP) is 5.35. The minimum absolute atomic E-state index is 0.212. The number of aryl methyl sites for hydroxylation is 2. The van der Waals surface area contributed by atoms with Crippen molar-refractivity contribution in [2.75, 3.05) is 0 Å². The molecule has 186 valence electrons. The standard InChI is InChI=1S/C28H31N5O3/c1-16-21-12-18(13-31-26(34)22-14-30-15-32-17(22)2)10-11-23(21)33-24(16)19-8-6-7-9-20(19)25(28(3,4)5)36-27(29)35/h6-12,14-15,25,33H,13H2,1-5H3,(H2,29,35)(H,31,34). The van der Waals surface area contributed by atoms with Crippen LogP contribution in [0.25, 0.3) is 22.2 Å². The molecule has 2 aromatic heterocycles. The number of benzene rings is 2. The molecule has 0 fully saturated rings. The number of rotatable bonds is 6. The van der Waals surface area contributed by atoms with Crippen LogP contribution in [0, 0.1) is 19.3 Å². The quantitative estimate of drug-likeness (QED) is 0.339. The first-order valence-electron chi connectivity index (χ1n) is 11.8. The van der Waals surface area contributed by atoms with Crippen molar-refractivity contribution in [3.05, 3.63) is 82.9 Å². The fraction of sp³-hybridized carbons (Fsp3) is 0.286. The molecule has 8 nitrogen and oxygen atoms in total. The van der Waals surface area contributed by atoms with E-state index in [9.17, 15) is 9.59 Å². The van der Waals surface area contributed by atoms with Gasteiger partial charge in [0.1, 0.15) is 12.4 Å². The van der Waals surface area contributed by atoms with E-state index in [4.69, 9.17) is 10.5 Å². The summed E-state index contributed by atoms with van der Waals surface area (Å²) in [5.74, 6) is -0.212. The largest absolute Gasteiger partial charge is 0.441 e. The minimum atomic E-state index is -0.804. The molecule has 0 spiro atoms. The van der Waals surface area contributed by atoms with Gasteiger partial charge in [-0.2, -0.15) is 0 Å². The summed E-state index contributed by atoms with van der Waals surface area (Å²) < 4.78 is 5.57. The Hall–Kier alpha value is -4.20. The zero-order valence-electron chi connectivity index (χ0n) is 21.2. The number of carbonyl (C=O) groups excluding carboxylic acids is 2. The van der Waals surface area contributed by atoms with E-state index < -0.39 is 12.2 Å². The van der Waals surface area contributed by atoms with Crippen LogP contribution in [0.15, 0.2) is 55.0 Å². The van der Waals surface area contributed by atoms with Crippen LogP contribution >= 0.6 is 0 Å². The summed E-state index contributed by atoms with van der Waals surface area (Å²) in [7, 11) is 0. The summed E-state index contributed by atoms with van der Waals surface area (Å²) in [5.41, 5.74) is 11.9. The molecule has 0 aliphatic carbocycles. The number of amides is 2. The van der Waals surface area contributed by atoms with Crippen molar-refractivity contribution in [3.63, 3.8) is 0 Å². The Morgan fingerprint density at radius 2 is 1.89 bits per heavy atom. The van der Waals surface area contributed by atoms with Gasteiger partial charge in [0.05, 0.1) is 11.3 Å². The van der Waals surface area contributed by atoms with Gasteiger partial charge in [0, 0.05) is 45.9 Å². The lowest BCUT2D eigenvalue weighted by Crippen LogP contribution is -2.27. The number of primary amides is 1. The summed E-state index contributed by atoms with van der Waals surface area (Å²) in [6.07, 6.45) is 1.62. The van der Waals surface area contributed by atoms with Crippen LogP contribution in [0.4, 0.5) is 4.79 Å². The maximum absolute atomic E-state index is 12.6. The molecular weight excluding hydrogens is 454 g/mol. The highest BCUT2D eigenvalue weighted by Gasteiger charge is 2.32. The van der Waals surface area contributed by atoms with Gasteiger partial charge in [0.25, 0.3) is 5.91 Å². The smallest absolute Gasteiger partial charge is 0.405 e. The summed E-state index contributed by atoms with van der Waals surface area (Å²) in [6, 6.07) is 13.9. The van der Waals surface area contributed by atoms with Crippen LogP contribution in [0.3, 0.4) is 0 Å². The third-order valence-electron chi connectivity index (χ3n) is 6.26. The zero-order chi connectivity index (χ0) is 26.0. The first-order valence-corrected chi connectivity index (χ1v) is 11.8. The number of hydrogen-bond donors (Lipinski definition) is 3. The number of nitrogens with one attached hydrogen (secondary N) is 2. The van der Waals surface area contributed by atoms with Crippen molar-refractivity contribution in [2.45, 2.75) is 47.3 Å². The van der Waals surface area contributed by atoms with Gasteiger partial charge < -0.3 is 20.8 Å². The topological polar surface area (TPSA) is 123 Å². The van der Waals surface area contributed by atoms with Crippen LogP contribution in [0.5, 0.6) is 0 Å². The second-order valence-electron chi connectivity index (χ2n) is 9.98. The number of hydrogen-bond acceptors (Lipinski definition) is 5. The van der Waals surface area contributed by atoms with Gasteiger partial charge in [0.2, 0.25) is 0 Å². The van der Waals surface area contributed by atoms with Crippen molar-refractivity contribution in [1.29, 1.82) is 0 Å². The highest BCUT2D eigenvalue weighted by Crippen LogP contribution is 2.42. The van der Waals surface area contributed by atoms with Crippen LogP contribution in [0.1, 0.15) is 59.6 Å². The molecule has 4 rings (SSSR count). The first-order chi connectivity index (χ1) is 17.1. The van der Waals surface area contributed by atoms with Crippen molar-refractivity contribution >= 4 is 22.9 Å². The molecule has 0 radical (unpaired) electrons. The Morgan fingerprint density at radius 1 is 1.14 bits per heavy atom. The normalized spacial score (nSPS) is 12.4.